The quantitative estimate of drug-likeness (QED) is 0.784. The summed E-state index contributed by atoms with van der Waals surface area (Å²) in [5.74, 6) is -0.245. The molecule has 0 amide bonds. The molecule has 2 nitrogen and oxygen atoms in total. The number of hydrogen-bond acceptors (Lipinski definition) is 3. The lowest BCUT2D eigenvalue weighted by atomic mass is 10.0. The monoisotopic (exact) mass is 298 g/mol. The number of halogens is 1. The Bertz CT molecular complexity index is 724. The molecule has 1 heterocycles. The lowest BCUT2D eigenvalue weighted by molar-refractivity contribution is 0.628. The van der Waals surface area contributed by atoms with E-state index in [0.717, 1.165) is 21.8 Å². The molecule has 2 aromatic carbocycles. The van der Waals surface area contributed by atoms with Crippen LogP contribution in [-0.2, 0) is 6.42 Å². The summed E-state index contributed by atoms with van der Waals surface area (Å²) in [5.41, 5.74) is 9.04. The molecule has 1 atom stereocenters. The number of nitrogens with two attached hydrogens (primary N) is 1. The molecule has 4 heteroatoms. The smallest absolute Gasteiger partial charge is 0.123 e. The minimum atomic E-state index is -0.245. The van der Waals surface area contributed by atoms with Gasteiger partial charge in [0.25, 0.3) is 0 Å². The SMILES string of the molecule is NC(Cc1csc(-c2cccc(F)c2)n1)c1ccccc1. The summed E-state index contributed by atoms with van der Waals surface area (Å²) in [4.78, 5) is 4.56. The molecule has 0 spiro atoms. The molecule has 0 aliphatic rings. The third-order valence-corrected chi connectivity index (χ3v) is 4.22. The van der Waals surface area contributed by atoms with Crippen LogP contribution >= 0.6 is 11.3 Å². The first-order valence-electron chi connectivity index (χ1n) is 6.73. The van der Waals surface area contributed by atoms with Crippen LogP contribution in [0.15, 0.2) is 60.0 Å². The first-order chi connectivity index (χ1) is 10.2. The third-order valence-electron chi connectivity index (χ3n) is 3.28. The van der Waals surface area contributed by atoms with Gasteiger partial charge >= 0.3 is 0 Å². The van der Waals surface area contributed by atoms with Gasteiger partial charge < -0.3 is 5.73 Å². The van der Waals surface area contributed by atoms with Crippen molar-refractivity contribution < 1.29 is 4.39 Å². The summed E-state index contributed by atoms with van der Waals surface area (Å²) in [6.07, 6.45) is 0.676. The maximum Gasteiger partial charge on any atom is 0.123 e. The largest absolute Gasteiger partial charge is 0.324 e. The van der Waals surface area contributed by atoms with Crippen LogP contribution in [-0.4, -0.2) is 4.98 Å². The predicted molar refractivity (Wildman–Crippen MR) is 84.6 cm³/mol. The Labute approximate surface area is 127 Å². The summed E-state index contributed by atoms with van der Waals surface area (Å²) in [5, 5.41) is 2.81. The molecule has 0 aliphatic heterocycles. The highest BCUT2D eigenvalue weighted by Gasteiger charge is 2.11. The Morgan fingerprint density at radius 2 is 1.90 bits per heavy atom. The highest BCUT2D eigenvalue weighted by molar-refractivity contribution is 7.13. The van der Waals surface area contributed by atoms with Gasteiger partial charge in [-0.1, -0.05) is 42.5 Å². The van der Waals surface area contributed by atoms with Gasteiger partial charge in [0.05, 0.1) is 5.69 Å². The van der Waals surface area contributed by atoms with E-state index in [1.165, 1.54) is 23.5 Å². The first kappa shape index (κ1) is 13.9. The number of thiazole rings is 1. The molecule has 0 saturated carbocycles. The van der Waals surface area contributed by atoms with Crippen LogP contribution in [0.5, 0.6) is 0 Å². The van der Waals surface area contributed by atoms with Crippen LogP contribution in [0.2, 0.25) is 0 Å². The van der Waals surface area contributed by atoms with Gasteiger partial charge in [0.2, 0.25) is 0 Å². The fourth-order valence-electron chi connectivity index (χ4n) is 2.20. The molecule has 21 heavy (non-hydrogen) atoms. The Morgan fingerprint density at radius 1 is 1.10 bits per heavy atom. The normalized spacial score (nSPS) is 12.3. The summed E-state index contributed by atoms with van der Waals surface area (Å²) >= 11 is 1.52. The molecule has 2 N–H and O–H groups in total. The molecule has 3 aromatic rings. The molecule has 1 unspecified atom stereocenters. The second-order valence-corrected chi connectivity index (χ2v) is 5.73. The molecule has 1 aromatic heterocycles. The molecular weight excluding hydrogens is 283 g/mol. The standard InChI is InChI=1S/C17H15FN2S/c18-14-8-4-7-13(9-14)17-20-15(11-21-17)10-16(19)12-5-2-1-3-6-12/h1-9,11,16H,10,19H2. The topological polar surface area (TPSA) is 38.9 Å². The van der Waals surface area contributed by atoms with Crippen molar-refractivity contribution in [1.82, 2.24) is 4.98 Å². The number of hydrogen-bond donors (Lipinski definition) is 1. The van der Waals surface area contributed by atoms with Crippen molar-refractivity contribution in [2.24, 2.45) is 5.73 Å². The van der Waals surface area contributed by atoms with E-state index >= 15 is 0 Å². The van der Waals surface area contributed by atoms with Crippen LogP contribution in [0, 0.1) is 5.82 Å². The van der Waals surface area contributed by atoms with E-state index in [0.29, 0.717) is 6.42 Å². The zero-order valence-electron chi connectivity index (χ0n) is 11.4. The van der Waals surface area contributed by atoms with Crippen molar-refractivity contribution in [2.45, 2.75) is 12.5 Å². The molecule has 0 bridgehead atoms. The Morgan fingerprint density at radius 3 is 2.67 bits per heavy atom. The second kappa shape index (κ2) is 6.16. The van der Waals surface area contributed by atoms with E-state index in [9.17, 15) is 4.39 Å². The van der Waals surface area contributed by atoms with E-state index in [-0.39, 0.29) is 11.9 Å². The molecule has 0 saturated heterocycles. The fraction of sp³-hybridized carbons (Fsp3) is 0.118. The first-order valence-corrected chi connectivity index (χ1v) is 7.61. The summed E-state index contributed by atoms with van der Waals surface area (Å²) in [7, 11) is 0. The molecular formula is C17H15FN2S. The predicted octanol–water partition coefficient (Wildman–Crippen LogP) is 4.19. The van der Waals surface area contributed by atoms with Crippen molar-refractivity contribution in [2.75, 3.05) is 0 Å². The maximum atomic E-state index is 13.2. The highest BCUT2D eigenvalue weighted by Crippen LogP contribution is 2.26. The molecule has 0 aliphatic carbocycles. The van der Waals surface area contributed by atoms with Crippen LogP contribution in [0.25, 0.3) is 10.6 Å². The molecule has 0 radical (unpaired) electrons. The summed E-state index contributed by atoms with van der Waals surface area (Å²) in [6, 6.07) is 16.4. The molecule has 0 fully saturated rings. The van der Waals surface area contributed by atoms with E-state index in [4.69, 9.17) is 5.73 Å². The van der Waals surface area contributed by atoms with E-state index in [1.54, 1.807) is 6.07 Å². The number of rotatable bonds is 4. The number of nitrogens with zero attached hydrogens (tertiary/aromatic N) is 1. The zero-order chi connectivity index (χ0) is 14.7. The Hall–Kier alpha value is -2.04. The minimum absolute atomic E-state index is 0.0753. The highest BCUT2D eigenvalue weighted by atomic mass is 32.1. The van der Waals surface area contributed by atoms with Crippen LogP contribution in [0.1, 0.15) is 17.3 Å². The van der Waals surface area contributed by atoms with Gasteiger partial charge in [-0.25, -0.2) is 9.37 Å². The van der Waals surface area contributed by atoms with Crippen LogP contribution in [0.3, 0.4) is 0 Å². The summed E-state index contributed by atoms with van der Waals surface area (Å²) in [6.45, 7) is 0. The van der Waals surface area contributed by atoms with E-state index in [1.807, 2.05) is 41.8 Å². The van der Waals surface area contributed by atoms with Crippen LogP contribution < -0.4 is 5.73 Å². The van der Waals surface area contributed by atoms with E-state index in [2.05, 4.69) is 4.98 Å². The Kier molecular flexibility index (Phi) is 4.08. The van der Waals surface area contributed by atoms with Crippen molar-refractivity contribution >= 4 is 11.3 Å². The van der Waals surface area contributed by atoms with Gasteiger partial charge in [-0.05, 0) is 17.7 Å². The Balaban J connectivity index is 1.76. The molecule has 3 rings (SSSR count). The fourth-order valence-corrected chi connectivity index (χ4v) is 3.03. The van der Waals surface area contributed by atoms with Crippen molar-refractivity contribution in [3.05, 3.63) is 77.1 Å². The number of benzene rings is 2. The van der Waals surface area contributed by atoms with Gasteiger partial charge in [0.15, 0.2) is 0 Å². The van der Waals surface area contributed by atoms with Crippen LogP contribution in [0.4, 0.5) is 4.39 Å². The zero-order valence-corrected chi connectivity index (χ0v) is 12.2. The van der Waals surface area contributed by atoms with Gasteiger partial charge in [-0.15, -0.1) is 11.3 Å². The number of aromatic nitrogens is 1. The average Bonchev–Trinajstić information content (AvgIpc) is 2.97. The van der Waals surface area contributed by atoms with Gasteiger partial charge in [-0.3, -0.25) is 0 Å². The van der Waals surface area contributed by atoms with Crippen molar-refractivity contribution in [1.29, 1.82) is 0 Å². The van der Waals surface area contributed by atoms with Crippen molar-refractivity contribution in [3.63, 3.8) is 0 Å². The second-order valence-electron chi connectivity index (χ2n) is 4.88. The average molecular weight is 298 g/mol. The lowest BCUT2D eigenvalue weighted by Crippen LogP contribution is -2.13. The van der Waals surface area contributed by atoms with Crippen molar-refractivity contribution in [3.8, 4) is 10.6 Å². The molecule has 106 valence electrons. The minimum Gasteiger partial charge on any atom is -0.324 e. The van der Waals surface area contributed by atoms with Gasteiger partial charge in [-0.2, -0.15) is 0 Å². The lowest BCUT2D eigenvalue weighted by Gasteiger charge is -2.09. The van der Waals surface area contributed by atoms with E-state index < -0.39 is 0 Å². The summed E-state index contributed by atoms with van der Waals surface area (Å²) < 4.78 is 13.2. The maximum absolute atomic E-state index is 13.2. The third kappa shape index (κ3) is 3.35. The van der Waals surface area contributed by atoms with Gasteiger partial charge in [0.1, 0.15) is 10.8 Å². The van der Waals surface area contributed by atoms with Gasteiger partial charge in [0, 0.05) is 23.4 Å².